The zero-order chi connectivity index (χ0) is 19.6. The fourth-order valence-electron chi connectivity index (χ4n) is 3.47. The third-order valence-electron chi connectivity index (χ3n) is 4.96. The number of nitrogens with zero attached hydrogens (tertiary/aromatic N) is 1. The lowest BCUT2D eigenvalue weighted by atomic mass is 9.93. The third kappa shape index (κ3) is 4.37. The number of ether oxygens (including phenoxy) is 1. The van der Waals surface area contributed by atoms with Crippen LogP contribution in [0.15, 0.2) is 34.9 Å². The van der Waals surface area contributed by atoms with Crippen LogP contribution in [0.5, 0.6) is 0 Å². The van der Waals surface area contributed by atoms with Gasteiger partial charge in [-0.25, -0.2) is 4.99 Å². The van der Waals surface area contributed by atoms with Crippen LogP contribution in [0.2, 0.25) is 5.02 Å². The molecule has 0 aromatic heterocycles. The first-order valence-electron chi connectivity index (χ1n) is 8.99. The number of allylic oxidation sites excluding steroid dienone is 1. The number of hydrogen-bond donors (Lipinski definition) is 1. The number of halogens is 1. The molecular formula is C21H23ClN2O3. The molecule has 3 rings (SSSR count). The molecule has 2 aliphatic rings. The lowest BCUT2D eigenvalue weighted by Gasteiger charge is -2.20. The minimum Gasteiger partial charge on any atom is -0.377 e. The maximum absolute atomic E-state index is 12.8. The average Bonchev–Trinajstić information content (AvgIpc) is 2.63. The normalized spacial score (nSPS) is 19.9. The van der Waals surface area contributed by atoms with E-state index in [1.807, 2.05) is 32.1 Å². The maximum Gasteiger partial charge on any atom is 0.254 e. The summed E-state index contributed by atoms with van der Waals surface area (Å²) in [4.78, 5) is 28.9. The molecule has 0 aliphatic carbocycles. The summed E-state index contributed by atoms with van der Waals surface area (Å²) in [7, 11) is 0. The molecule has 0 bridgehead atoms. The first kappa shape index (κ1) is 19.5. The van der Waals surface area contributed by atoms with E-state index in [2.05, 4.69) is 10.3 Å². The van der Waals surface area contributed by atoms with E-state index in [0.29, 0.717) is 29.5 Å². The van der Waals surface area contributed by atoms with E-state index >= 15 is 0 Å². The molecule has 0 radical (unpaired) electrons. The van der Waals surface area contributed by atoms with E-state index in [-0.39, 0.29) is 18.4 Å². The van der Waals surface area contributed by atoms with Crippen LogP contribution in [-0.4, -0.2) is 37.3 Å². The van der Waals surface area contributed by atoms with Crippen LogP contribution in [0.1, 0.15) is 41.8 Å². The highest BCUT2D eigenvalue weighted by Gasteiger charge is 2.25. The van der Waals surface area contributed by atoms with E-state index < -0.39 is 5.92 Å². The molecule has 142 valence electrons. The Morgan fingerprint density at radius 1 is 1.33 bits per heavy atom. The number of dihydropyridines is 1. The third-order valence-corrected chi connectivity index (χ3v) is 5.18. The van der Waals surface area contributed by atoms with Crippen LogP contribution in [0.3, 0.4) is 0 Å². The van der Waals surface area contributed by atoms with Crippen molar-refractivity contribution in [2.45, 2.75) is 27.2 Å². The van der Waals surface area contributed by atoms with Crippen molar-refractivity contribution in [1.29, 1.82) is 0 Å². The zero-order valence-electron chi connectivity index (χ0n) is 15.8. The van der Waals surface area contributed by atoms with Gasteiger partial charge in [0.05, 0.1) is 19.1 Å². The van der Waals surface area contributed by atoms with E-state index in [1.54, 1.807) is 13.0 Å². The van der Waals surface area contributed by atoms with Crippen LogP contribution in [0, 0.1) is 12.8 Å². The topological polar surface area (TPSA) is 67.8 Å². The van der Waals surface area contributed by atoms with Crippen molar-refractivity contribution < 1.29 is 14.3 Å². The molecule has 2 heterocycles. The molecule has 0 fully saturated rings. The quantitative estimate of drug-likeness (QED) is 0.856. The SMILES string of the molecule is CC1=CC(C)=NC(=O)C1CNC(=O)c1cc(Cl)cc(C2=CCOCC2)c1C. The highest BCUT2D eigenvalue weighted by atomic mass is 35.5. The Labute approximate surface area is 164 Å². The molecular weight excluding hydrogens is 364 g/mol. The van der Waals surface area contributed by atoms with Gasteiger partial charge < -0.3 is 10.1 Å². The van der Waals surface area contributed by atoms with E-state index in [1.165, 1.54) is 0 Å². The Morgan fingerprint density at radius 2 is 2.11 bits per heavy atom. The fraction of sp³-hybridized carbons (Fsp3) is 0.381. The number of hydrogen-bond acceptors (Lipinski definition) is 3. The number of nitrogens with one attached hydrogen (secondary N) is 1. The Balaban J connectivity index is 1.79. The predicted molar refractivity (Wildman–Crippen MR) is 107 cm³/mol. The van der Waals surface area contributed by atoms with Gasteiger partial charge in [-0.3, -0.25) is 9.59 Å². The summed E-state index contributed by atoms with van der Waals surface area (Å²) in [5.74, 6) is -0.880. The maximum atomic E-state index is 12.8. The first-order chi connectivity index (χ1) is 12.9. The summed E-state index contributed by atoms with van der Waals surface area (Å²) in [6.45, 7) is 7.04. The van der Waals surface area contributed by atoms with Gasteiger partial charge in [0.1, 0.15) is 0 Å². The highest BCUT2D eigenvalue weighted by Crippen LogP contribution is 2.29. The predicted octanol–water partition coefficient (Wildman–Crippen LogP) is 3.75. The zero-order valence-corrected chi connectivity index (χ0v) is 16.5. The first-order valence-corrected chi connectivity index (χ1v) is 9.37. The van der Waals surface area contributed by atoms with E-state index in [0.717, 1.165) is 28.7 Å². The summed E-state index contributed by atoms with van der Waals surface area (Å²) in [6.07, 6.45) is 4.69. The van der Waals surface area contributed by atoms with Crippen molar-refractivity contribution in [2.24, 2.45) is 10.9 Å². The van der Waals surface area contributed by atoms with Gasteiger partial charge in [0.15, 0.2) is 0 Å². The minimum absolute atomic E-state index is 0.217. The van der Waals surface area contributed by atoms with Crippen molar-refractivity contribution in [3.63, 3.8) is 0 Å². The summed E-state index contributed by atoms with van der Waals surface area (Å²) in [5.41, 5.74) is 5.11. The number of carbonyl (C=O) groups is 2. The second-order valence-corrected chi connectivity index (χ2v) is 7.36. The van der Waals surface area contributed by atoms with Crippen molar-refractivity contribution in [2.75, 3.05) is 19.8 Å². The lowest BCUT2D eigenvalue weighted by Crippen LogP contribution is -2.35. The van der Waals surface area contributed by atoms with Gasteiger partial charge in [0.25, 0.3) is 11.8 Å². The van der Waals surface area contributed by atoms with Crippen LogP contribution >= 0.6 is 11.6 Å². The van der Waals surface area contributed by atoms with Gasteiger partial charge in [-0.2, -0.15) is 0 Å². The van der Waals surface area contributed by atoms with Gasteiger partial charge >= 0.3 is 0 Å². The molecule has 27 heavy (non-hydrogen) atoms. The highest BCUT2D eigenvalue weighted by molar-refractivity contribution is 6.31. The smallest absolute Gasteiger partial charge is 0.254 e. The molecule has 1 atom stereocenters. The Kier molecular flexibility index (Phi) is 5.92. The van der Waals surface area contributed by atoms with Gasteiger partial charge in [-0.15, -0.1) is 0 Å². The molecule has 6 heteroatoms. The minimum atomic E-state index is -0.421. The van der Waals surface area contributed by atoms with Crippen LogP contribution in [0.4, 0.5) is 0 Å². The van der Waals surface area contributed by atoms with Gasteiger partial charge in [0, 0.05) is 22.8 Å². The molecule has 0 spiro atoms. The van der Waals surface area contributed by atoms with Crippen molar-refractivity contribution in [3.05, 3.63) is 51.6 Å². The number of rotatable bonds is 4. The molecule has 0 saturated heterocycles. The Bertz CT molecular complexity index is 884. The Hall–Kier alpha value is -2.24. The number of carbonyl (C=O) groups excluding carboxylic acids is 2. The summed E-state index contributed by atoms with van der Waals surface area (Å²) in [5, 5.41) is 3.38. The monoisotopic (exact) mass is 386 g/mol. The molecule has 2 amide bonds. The van der Waals surface area contributed by atoms with Crippen molar-refractivity contribution in [1.82, 2.24) is 5.32 Å². The fourth-order valence-corrected chi connectivity index (χ4v) is 3.69. The van der Waals surface area contributed by atoms with Crippen molar-refractivity contribution in [3.8, 4) is 0 Å². The van der Waals surface area contributed by atoms with E-state index in [9.17, 15) is 9.59 Å². The van der Waals surface area contributed by atoms with Gasteiger partial charge in [-0.05, 0) is 62.1 Å². The average molecular weight is 387 g/mol. The molecule has 0 saturated carbocycles. The van der Waals surface area contributed by atoms with Gasteiger partial charge in [-0.1, -0.05) is 23.3 Å². The number of aliphatic imine (C=N–C) groups is 1. The number of amides is 2. The summed E-state index contributed by atoms with van der Waals surface area (Å²) < 4.78 is 5.37. The second kappa shape index (κ2) is 8.19. The standard InChI is InChI=1S/C21H23ClN2O3/c1-12-8-13(2)24-21(26)19(12)11-23-20(25)18-10-16(22)9-17(14(18)3)15-4-6-27-7-5-15/h4,8-10,19H,5-7,11H2,1-3H3,(H,23,25). The van der Waals surface area contributed by atoms with Crippen molar-refractivity contribution >= 4 is 34.7 Å². The molecule has 1 aromatic rings. The molecule has 1 unspecified atom stereocenters. The van der Waals surface area contributed by atoms with Crippen LogP contribution in [-0.2, 0) is 9.53 Å². The molecule has 1 N–H and O–H groups in total. The molecule has 1 aromatic carbocycles. The number of benzene rings is 1. The van der Waals surface area contributed by atoms with Crippen LogP contribution < -0.4 is 5.32 Å². The Morgan fingerprint density at radius 3 is 2.78 bits per heavy atom. The molecule has 5 nitrogen and oxygen atoms in total. The second-order valence-electron chi connectivity index (χ2n) is 6.92. The summed E-state index contributed by atoms with van der Waals surface area (Å²) in [6, 6.07) is 3.56. The largest absolute Gasteiger partial charge is 0.377 e. The lowest BCUT2D eigenvalue weighted by molar-refractivity contribution is -0.120. The molecule has 2 aliphatic heterocycles. The van der Waals surface area contributed by atoms with Gasteiger partial charge in [0.2, 0.25) is 0 Å². The summed E-state index contributed by atoms with van der Waals surface area (Å²) >= 11 is 6.28. The van der Waals surface area contributed by atoms with Crippen LogP contribution in [0.25, 0.3) is 5.57 Å². The van der Waals surface area contributed by atoms with E-state index in [4.69, 9.17) is 16.3 Å².